The molecule has 0 fully saturated rings. The molecule has 1 atom stereocenters. The number of benzene rings is 1. The summed E-state index contributed by atoms with van der Waals surface area (Å²) in [5.74, 6) is 0.261. The van der Waals surface area contributed by atoms with E-state index in [0.717, 1.165) is 17.5 Å². The lowest BCUT2D eigenvalue weighted by atomic mass is 9.76. The van der Waals surface area contributed by atoms with Crippen molar-refractivity contribution in [3.8, 4) is 0 Å². The van der Waals surface area contributed by atoms with Crippen molar-refractivity contribution < 1.29 is 9.53 Å². The second-order valence-corrected chi connectivity index (χ2v) is 7.05. The van der Waals surface area contributed by atoms with E-state index in [9.17, 15) is 4.79 Å². The highest BCUT2D eigenvalue weighted by Gasteiger charge is 2.35. The Labute approximate surface area is 120 Å². The van der Waals surface area contributed by atoms with Crippen molar-refractivity contribution in [2.75, 3.05) is 6.61 Å². The number of ether oxygens (including phenoxy) is 1. The van der Waals surface area contributed by atoms with Crippen molar-refractivity contribution in [1.82, 2.24) is 0 Å². The van der Waals surface area contributed by atoms with Gasteiger partial charge >= 0.3 is 0 Å². The molecule has 106 valence electrons. The summed E-state index contributed by atoms with van der Waals surface area (Å²) in [5.41, 5.74) is 5.86. The van der Waals surface area contributed by atoms with E-state index in [2.05, 4.69) is 33.8 Å². The van der Waals surface area contributed by atoms with Gasteiger partial charge in [-0.3, -0.25) is 4.79 Å². The molecule has 1 aliphatic carbocycles. The van der Waals surface area contributed by atoms with E-state index in [4.69, 9.17) is 4.74 Å². The second-order valence-electron chi connectivity index (χ2n) is 7.05. The summed E-state index contributed by atoms with van der Waals surface area (Å²) in [5, 5.41) is 0. The van der Waals surface area contributed by atoms with Crippen molar-refractivity contribution in [3.63, 3.8) is 0 Å². The third-order valence-electron chi connectivity index (χ3n) is 4.50. The quantitative estimate of drug-likeness (QED) is 0.707. The van der Waals surface area contributed by atoms with Crippen LogP contribution < -0.4 is 0 Å². The standard InChI is InChI=1S/C18H22O2/c1-11-6-5-7-13-15(19)8-12-9-16(18(2,3)4)20-10-14(12)17(11)13/h5-7,16H,8-10H2,1-4H3. The van der Waals surface area contributed by atoms with Gasteiger partial charge in [-0.15, -0.1) is 0 Å². The Hall–Kier alpha value is -1.41. The van der Waals surface area contributed by atoms with Gasteiger partial charge in [-0.1, -0.05) is 44.5 Å². The van der Waals surface area contributed by atoms with Gasteiger partial charge in [-0.2, -0.15) is 0 Å². The van der Waals surface area contributed by atoms with Gasteiger partial charge in [-0.25, -0.2) is 0 Å². The molecule has 1 aliphatic heterocycles. The molecule has 0 aromatic heterocycles. The highest BCUT2D eigenvalue weighted by Crippen LogP contribution is 2.41. The summed E-state index contributed by atoms with van der Waals surface area (Å²) in [6, 6.07) is 6.00. The summed E-state index contributed by atoms with van der Waals surface area (Å²) in [6.45, 7) is 9.33. The summed E-state index contributed by atoms with van der Waals surface area (Å²) < 4.78 is 6.09. The second kappa shape index (κ2) is 4.56. The van der Waals surface area contributed by atoms with Gasteiger partial charge in [-0.05, 0) is 35.5 Å². The molecule has 20 heavy (non-hydrogen) atoms. The van der Waals surface area contributed by atoms with Crippen LogP contribution in [-0.4, -0.2) is 18.5 Å². The van der Waals surface area contributed by atoms with E-state index in [1.807, 2.05) is 12.1 Å². The van der Waals surface area contributed by atoms with Crippen molar-refractivity contribution in [2.24, 2.45) is 5.41 Å². The van der Waals surface area contributed by atoms with Crippen LogP contribution in [0.4, 0.5) is 0 Å². The molecule has 0 saturated carbocycles. The molecule has 1 heterocycles. The first-order valence-electron chi connectivity index (χ1n) is 7.33. The van der Waals surface area contributed by atoms with Crippen LogP contribution in [0.2, 0.25) is 0 Å². The van der Waals surface area contributed by atoms with Crippen LogP contribution in [0.5, 0.6) is 0 Å². The molecule has 1 unspecified atom stereocenters. The molecule has 2 aliphatic rings. The normalized spacial score (nSPS) is 22.6. The van der Waals surface area contributed by atoms with E-state index in [-0.39, 0.29) is 17.3 Å². The monoisotopic (exact) mass is 270 g/mol. The highest BCUT2D eigenvalue weighted by atomic mass is 16.5. The zero-order valence-electron chi connectivity index (χ0n) is 12.7. The fourth-order valence-electron chi connectivity index (χ4n) is 3.27. The molecule has 3 rings (SSSR count). The Bertz CT molecular complexity index is 602. The van der Waals surface area contributed by atoms with Crippen LogP contribution in [0.15, 0.2) is 23.8 Å². The van der Waals surface area contributed by atoms with Crippen LogP contribution in [0.25, 0.3) is 5.57 Å². The SMILES string of the molecule is Cc1cccc2c1C1=C(CC2=O)CC(C(C)(C)C)OC1. The van der Waals surface area contributed by atoms with Gasteiger partial charge < -0.3 is 4.74 Å². The Kier molecular flexibility index (Phi) is 3.09. The molecule has 0 N–H and O–H groups in total. The molecule has 0 spiro atoms. The van der Waals surface area contributed by atoms with E-state index in [1.54, 1.807) is 0 Å². The summed E-state index contributed by atoms with van der Waals surface area (Å²) in [6.07, 6.45) is 1.67. The van der Waals surface area contributed by atoms with Crippen molar-refractivity contribution >= 4 is 11.4 Å². The third-order valence-corrected chi connectivity index (χ3v) is 4.50. The van der Waals surface area contributed by atoms with Crippen LogP contribution >= 0.6 is 0 Å². The Morgan fingerprint density at radius 1 is 1.25 bits per heavy atom. The van der Waals surface area contributed by atoms with Gasteiger partial charge in [0.2, 0.25) is 0 Å². The first-order valence-corrected chi connectivity index (χ1v) is 7.33. The topological polar surface area (TPSA) is 26.3 Å². The third kappa shape index (κ3) is 2.12. The predicted molar refractivity (Wildman–Crippen MR) is 80.9 cm³/mol. The van der Waals surface area contributed by atoms with Crippen molar-refractivity contribution in [1.29, 1.82) is 0 Å². The predicted octanol–water partition coefficient (Wildman–Crippen LogP) is 4.17. The Morgan fingerprint density at radius 3 is 2.70 bits per heavy atom. The van der Waals surface area contributed by atoms with Gasteiger partial charge in [0.15, 0.2) is 5.78 Å². The number of rotatable bonds is 0. The largest absolute Gasteiger partial charge is 0.373 e. The molecule has 2 heteroatoms. The van der Waals surface area contributed by atoms with Gasteiger partial charge in [0, 0.05) is 12.0 Å². The van der Waals surface area contributed by atoms with Gasteiger partial charge in [0.25, 0.3) is 0 Å². The molecule has 1 aromatic rings. The lowest BCUT2D eigenvalue weighted by Crippen LogP contribution is -2.35. The zero-order chi connectivity index (χ0) is 14.5. The lowest BCUT2D eigenvalue weighted by Gasteiger charge is -2.38. The van der Waals surface area contributed by atoms with E-state index in [1.165, 1.54) is 16.7 Å². The average Bonchev–Trinajstić information content (AvgIpc) is 2.37. The Balaban J connectivity index is 2.06. The molecule has 0 radical (unpaired) electrons. The number of Topliss-reactive ketones (excluding diaryl/α,β-unsaturated/α-hetero) is 1. The number of fused-ring (bicyclic) bond motifs is 2. The zero-order valence-corrected chi connectivity index (χ0v) is 12.7. The molecule has 0 amide bonds. The fraction of sp³-hybridized carbons (Fsp3) is 0.500. The van der Waals surface area contributed by atoms with Crippen LogP contribution in [0.3, 0.4) is 0 Å². The maximum atomic E-state index is 12.4. The van der Waals surface area contributed by atoms with E-state index < -0.39 is 0 Å². The van der Waals surface area contributed by atoms with Crippen LogP contribution in [0, 0.1) is 12.3 Å². The minimum absolute atomic E-state index is 0.119. The number of ketones is 1. The molecular weight excluding hydrogens is 248 g/mol. The number of carbonyl (C=O) groups excluding carboxylic acids is 1. The molecule has 1 aromatic carbocycles. The minimum atomic E-state index is 0.119. The van der Waals surface area contributed by atoms with Gasteiger partial charge in [0.1, 0.15) is 0 Å². The van der Waals surface area contributed by atoms with Crippen LogP contribution in [0.1, 0.15) is 55.1 Å². The maximum absolute atomic E-state index is 12.4. The summed E-state index contributed by atoms with van der Waals surface area (Å²) >= 11 is 0. The van der Waals surface area contributed by atoms with Crippen LogP contribution in [-0.2, 0) is 4.74 Å². The Morgan fingerprint density at radius 2 is 2.00 bits per heavy atom. The van der Waals surface area contributed by atoms with E-state index >= 15 is 0 Å². The average molecular weight is 270 g/mol. The molecule has 0 saturated heterocycles. The highest BCUT2D eigenvalue weighted by molar-refractivity contribution is 6.06. The molecule has 2 nitrogen and oxygen atoms in total. The fourth-order valence-corrected chi connectivity index (χ4v) is 3.27. The summed E-state index contributed by atoms with van der Waals surface area (Å²) in [4.78, 5) is 12.4. The van der Waals surface area contributed by atoms with Gasteiger partial charge in [0.05, 0.1) is 12.7 Å². The number of hydrogen-bond acceptors (Lipinski definition) is 2. The smallest absolute Gasteiger partial charge is 0.167 e. The summed E-state index contributed by atoms with van der Waals surface area (Å²) in [7, 11) is 0. The number of aryl methyl sites for hydroxylation is 1. The number of carbonyl (C=O) groups is 1. The molecular formula is C18H22O2. The molecule has 0 bridgehead atoms. The maximum Gasteiger partial charge on any atom is 0.167 e. The minimum Gasteiger partial charge on any atom is -0.373 e. The first kappa shape index (κ1) is 13.6. The first-order chi connectivity index (χ1) is 9.38. The lowest BCUT2D eigenvalue weighted by molar-refractivity contribution is -0.00750. The van der Waals surface area contributed by atoms with E-state index in [0.29, 0.717) is 13.0 Å². The van der Waals surface area contributed by atoms with Crippen molar-refractivity contribution in [3.05, 3.63) is 40.5 Å². The number of hydrogen-bond donors (Lipinski definition) is 0. The van der Waals surface area contributed by atoms with Crippen molar-refractivity contribution in [2.45, 2.75) is 46.6 Å².